The van der Waals surface area contributed by atoms with E-state index in [1.54, 1.807) is 36.4 Å². The van der Waals surface area contributed by atoms with E-state index in [1.165, 1.54) is 13.3 Å². The molecule has 2 N–H and O–H groups in total. The quantitative estimate of drug-likeness (QED) is 0.404. The summed E-state index contributed by atoms with van der Waals surface area (Å²) in [5, 5.41) is 13.7. The maximum absolute atomic E-state index is 11.9. The van der Waals surface area contributed by atoms with Crippen molar-refractivity contribution in [1.82, 2.24) is 5.43 Å². The molecule has 0 aliphatic rings. The van der Waals surface area contributed by atoms with Gasteiger partial charge in [-0.15, -0.1) is 0 Å². The second-order valence-corrected chi connectivity index (χ2v) is 6.34. The van der Waals surface area contributed by atoms with E-state index in [0.717, 1.165) is 4.47 Å². The van der Waals surface area contributed by atoms with Gasteiger partial charge in [-0.1, -0.05) is 15.9 Å². The summed E-state index contributed by atoms with van der Waals surface area (Å²) in [5.41, 5.74) is 3.66. The number of methoxy groups -OCH3 is 1. The molecular formula is C15H12BrIN2O3. The minimum absolute atomic E-state index is 0.0825. The number of benzene rings is 2. The van der Waals surface area contributed by atoms with Crippen LogP contribution in [0.1, 0.15) is 15.9 Å². The zero-order valence-electron chi connectivity index (χ0n) is 11.5. The molecule has 0 fully saturated rings. The molecule has 0 spiro atoms. The molecule has 1 amide bonds. The third kappa shape index (κ3) is 4.20. The average Bonchev–Trinajstić information content (AvgIpc) is 2.51. The second-order valence-electron chi connectivity index (χ2n) is 4.26. The van der Waals surface area contributed by atoms with Gasteiger partial charge in [-0.05, 0) is 64.6 Å². The van der Waals surface area contributed by atoms with Crippen molar-refractivity contribution in [1.29, 1.82) is 0 Å². The Morgan fingerprint density at radius 2 is 2.05 bits per heavy atom. The Labute approximate surface area is 149 Å². The van der Waals surface area contributed by atoms with Gasteiger partial charge in [0.25, 0.3) is 5.91 Å². The van der Waals surface area contributed by atoms with Gasteiger partial charge in [0.05, 0.1) is 16.9 Å². The van der Waals surface area contributed by atoms with Crippen LogP contribution in [0.4, 0.5) is 0 Å². The largest absolute Gasteiger partial charge is 0.504 e. The van der Waals surface area contributed by atoms with E-state index >= 15 is 0 Å². The van der Waals surface area contributed by atoms with Crippen LogP contribution in [0.2, 0.25) is 0 Å². The van der Waals surface area contributed by atoms with Crippen molar-refractivity contribution < 1.29 is 14.6 Å². The molecule has 0 unspecified atom stereocenters. The van der Waals surface area contributed by atoms with Gasteiger partial charge in [-0.25, -0.2) is 5.43 Å². The fourth-order valence-corrected chi connectivity index (χ4v) is 2.54. The number of aromatic hydroxyl groups is 1. The highest BCUT2D eigenvalue weighted by Crippen LogP contribution is 2.31. The molecule has 0 aromatic heterocycles. The van der Waals surface area contributed by atoms with Crippen LogP contribution < -0.4 is 10.2 Å². The Kier molecular flexibility index (Phi) is 5.78. The molecule has 0 saturated heterocycles. The molecule has 2 rings (SSSR count). The van der Waals surface area contributed by atoms with E-state index in [0.29, 0.717) is 20.4 Å². The summed E-state index contributed by atoms with van der Waals surface area (Å²) in [7, 11) is 1.47. The summed E-state index contributed by atoms with van der Waals surface area (Å²) >= 11 is 5.30. The summed E-state index contributed by atoms with van der Waals surface area (Å²) in [6.45, 7) is 0. The molecule has 7 heteroatoms. The highest BCUT2D eigenvalue weighted by Gasteiger charge is 2.07. The van der Waals surface area contributed by atoms with Crippen molar-refractivity contribution in [3.05, 3.63) is 55.6 Å². The van der Waals surface area contributed by atoms with Crippen LogP contribution >= 0.6 is 38.5 Å². The number of phenolic OH excluding ortho intramolecular Hbond substituents is 1. The number of rotatable bonds is 4. The molecule has 2 aromatic rings. The molecule has 0 radical (unpaired) electrons. The summed E-state index contributed by atoms with van der Waals surface area (Å²) in [6, 6.07) is 10.3. The van der Waals surface area contributed by atoms with Crippen LogP contribution in [0.25, 0.3) is 0 Å². The minimum Gasteiger partial charge on any atom is -0.504 e. The van der Waals surface area contributed by atoms with Crippen LogP contribution in [-0.2, 0) is 0 Å². The normalized spacial score (nSPS) is 10.7. The Bertz CT molecular complexity index is 717. The third-order valence-electron chi connectivity index (χ3n) is 2.76. The van der Waals surface area contributed by atoms with Gasteiger partial charge < -0.3 is 9.84 Å². The summed E-state index contributed by atoms with van der Waals surface area (Å²) in [5.74, 6) is 0.135. The van der Waals surface area contributed by atoms with Crippen LogP contribution in [0.3, 0.4) is 0 Å². The van der Waals surface area contributed by atoms with E-state index < -0.39 is 0 Å². The fraction of sp³-hybridized carbons (Fsp3) is 0.0667. The molecule has 22 heavy (non-hydrogen) atoms. The number of hydrogen-bond acceptors (Lipinski definition) is 4. The first-order chi connectivity index (χ1) is 10.5. The summed E-state index contributed by atoms with van der Waals surface area (Å²) in [4.78, 5) is 11.9. The number of amides is 1. The fourth-order valence-electron chi connectivity index (χ4n) is 1.66. The maximum Gasteiger partial charge on any atom is 0.271 e. The Morgan fingerprint density at radius 1 is 1.36 bits per heavy atom. The maximum atomic E-state index is 11.9. The number of hydrogen-bond donors (Lipinski definition) is 2. The van der Waals surface area contributed by atoms with E-state index in [4.69, 9.17) is 4.74 Å². The van der Waals surface area contributed by atoms with E-state index in [2.05, 4.69) is 26.5 Å². The molecular weight excluding hydrogens is 463 g/mol. The lowest BCUT2D eigenvalue weighted by Gasteiger charge is -2.06. The van der Waals surface area contributed by atoms with Crippen molar-refractivity contribution in [3.63, 3.8) is 0 Å². The van der Waals surface area contributed by atoms with Crippen molar-refractivity contribution in [2.24, 2.45) is 5.10 Å². The number of hydrazone groups is 1. The molecule has 0 bridgehead atoms. The number of nitrogens with zero attached hydrogens (tertiary/aromatic N) is 1. The SMILES string of the molecule is COc1cc(/C=N\NC(=O)c2ccc(Br)cc2)cc(I)c1O. The third-order valence-corrected chi connectivity index (χ3v) is 4.11. The molecule has 114 valence electrons. The van der Waals surface area contributed by atoms with Crippen LogP contribution in [-0.4, -0.2) is 24.3 Å². The summed E-state index contributed by atoms with van der Waals surface area (Å²) in [6.07, 6.45) is 1.49. The Morgan fingerprint density at radius 3 is 2.68 bits per heavy atom. The first-order valence-corrected chi connectivity index (χ1v) is 8.04. The molecule has 0 heterocycles. The van der Waals surface area contributed by atoms with E-state index in [1.807, 2.05) is 22.6 Å². The van der Waals surface area contributed by atoms with Gasteiger partial charge in [0.1, 0.15) is 0 Å². The number of phenols is 1. The molecule has 2 aromatic carbocycles. The predicted molar refractivity (Wildman–Crippen MR) is 96.6 cm³/mol. The number of carbonyl (C=O) groups is 1. The zero-order chi connectivity index (χ0) is 16.1. The van der Waals surface area contributed by atoms with Gasteiger partial charge >= 0.3 is 0 Å². The highest BCUT2D eigenvalue weighted by atomic mass is 127. The van der Waals surface area contributed by atoms with Crippen molar-refractivity contribution >= 4 is 50.6 Å². The second kappa shape index (κ2) is 7.59. The minimum atomic E-state index is -0.302. The van der Waals surface area contributed by atoms with Crippen molar-refractivity contribution in [3.8, 4) is 11.5 Å². The van der Waals surface area contributed by atoms with Crippen LogP contribution in [0.5, 0.6) is 11.5 Å². The molecule has 5 nitrogen and oxygen atoms in total. The molecule has 0 saturated carbocycles. The topological polar surface area (TPSA) is 70.9 Å². The Balaban J connectivity index is 2.08. The number of nitrogens with one attached hydrogen (secondary N) is 1. The van der Waals surface area contributed by atoms with Gasteiger partial charge in [0.2, 0.25) is 0 Å². The van der Waals surface area contributed by atoms with E-state index in [9.17, 15) is 9.90 Å². The zero-order valence-corrected chi connectivity index (χ0v) is 15.3. The lowest BCUT2D eigenvalue weighted by molar-refractivity contribution is 0.0955. The van der Waals surface area contributed by atoms with Gasteiger partial charge in [-0.2, -0.15) is 5.10 Å². The Hall–Kier alpha value is -1.61. The standard InChI is InChI=1S/C15H12BrIN2O3/c1-22-13-7-9(6-12(17)14(13)20)8-18-19-15(21)10-2-4-11(16)5-3-10/h2-8,20H,1H3,(H,19,21)/b18-8-. The van der Waals surface area contributed by atoms with Gasteiger partial charge in [0.15, 0.2) is 11.5 Å². The van der Waals surface area contributed by atoms with Gasteiger partial charge in [0, 0.05) is 10.0 Å². The number of carbonyl (C=O) groups excluding carboxylic acids is 1. The van der Waals surface area contributed by atoms with Crippen molar-refractivity contribution in [2.45, 2.75) is 0 Å². The van der Waals surface area contributed by atoms with Gasteiger partial charge in [-0.3, -0.25) is 4.79 Å². The van der Waals surface area contributed by atoms with Crippen molar-refractivity contribution in [2.75, 3.05) is 7.11 Å². The molecule has 0 atom stereocenters. The summed E-state index contributed by atoms with van der Waals surface area (Å²) < 4.78 is 6.60. The highest BCUT2D eigenvalue weighted by molar-refractivity contribution is 14.1. The number of halogens is 2. The smallest absolute Gasteiger partial charge is 0.271 e. The first-order valence-electron chi connectivity index (χ1n) is 6.16. The lowest BCUT2D eigenvalue weighted by Crippen LogP contribution is -2.17. The molecule has 0 aliphatic heterocycles. The monoisotopic (exact) mass is 474 g/mol. The lowest BCUT2D eigenvalue weighted by atomic mass is 10.2. The van der Waals surface area contributed by atoms with Crippen LogP contribution in [0, 0.1) is 3.57 Å². The first kappa shape index (κ1) is 16.8. The van der Waals surface area contributed by atoms with E-state index in [-0.39, 0.29) is 11.7 Å². The molecule has 0 aliphatic carbocycles. The predicted octanol–water partition coefficient (Wildman–Crippen LogP) is 3.53. The average molecular weight is 475 g/mol. The number of ether oxygens (including phenoxy) is 1. The van der Waals surface area contributed by atoms with Crippen LogP contribution in [0.15, 0.2) is 46.0 Å².